The van der Waals surface area contributed by atoms with Gasteiger partial charge in [-0.05, 0) is 37.6 Å². The Kier molecular flexibility index (Phi) is 6.56. The van der Waals surface area contributed by atoms with Crippen molar-refractivity contribution in [2.75, 3.05) is 20.3 Å². The molecule has 2 aromatic heterocycles. The minimum Gasteiger partial charge on any atom is -0.383 e. The van der Waals surface area contributed by atoms with Crippen LogP contribution in [0.1, 0.15) is 19.4 Å². The summed E-state index contributed by atoms with van der Waals surface area (Å²) in [4.78, 5) is 8.93. The lowest BCUT2D eigenvalue weighted by atomic mass is 10.2. The van der Waals surface area contributed by atoms with Crippen molar-refractivity contribution in [3.63, 3.8) is 0 Å². The van der Waals surface area contributed by atoms with Crippen molar-refractivity contribution in [3.8, 4) is 5.82 Å². The first-order valence-corrected chi connectivity index (χ1v) is 7.71. The summed E-state index contributed by atoms with van der Waals surface area (Å²) in [7, 11) is 1.69. The molecule has 7 heteroatoms. The summed E-state index contributed by atoms with van der Waals surface area (Å²) in [6.45, 7) is 6.09. The number of nitrogens with one attached hydrogen (secondary N) is 2. The third-order valence-electron chi connectivity index (χ3n) is 3.11. The molecule has 1 atom stereocenters. The molecular formula is C16H24N6O. The zero-order chi connectivity index (χ0) is 16.5. The van der Waals surface area contributed by atoms with E-state index in [0.717, 1.165) is 23.9 Å². The number of methoxy groups -OCH3 is 1. The average Bonchev–Trinajstić information content (AvgIpc) is 3.08. The third-order valence-corrected chi connectivity index (χ3v) is 3.11. The summed E-state index contributed by atoms with van der Waals surface area (Å²) in [6.07, 6.45) is 5.38. The molecule has 0 bridgehead atoms. The highest BCUT2D eigenvalue weighted by Gasteiger charge is 2.05. The van der Waals surface area contributed by atoms with Crippen LogP contribution in [0.5, 0.6) is 0 Å². The first kappa shape index (κ1) is 17.0. The highest BCUT2D eigenvalue weighted by atomic mass is 16.5. The molecule has 7 nitrogen and oxygen atoms in total. The van der Waals surface area contributed by atoms with E-state index >= 15 is 0 Å². The number of pyridine rings is 1. The Bertz CT molecular complexity index is 611. The predicted molar refractivity (Wildman–Crippen MR) is 90.6 cm³/mol. The van der Waals surface area contributed by atoms with Crippen molar-refractivity contribution in [1.82, 2.24) is 25.4 Å². The number of hydrogen-bond donors (Lipinski definition) is 2. The van der Waals surface area contributed by atoms with Gasteiger partial charge in [0.15, 0.2) is 11.8 Å². The summed E-state index contributed by atoms with van der Waals surface area (Å²) in [5.74, 6) is 1.56. The molecule has 2 heterocycles. The highest BCUT2D eigenvalue weighted by Crippen LogP contribution is 2.07. The SMILES string of the molecule is CCNC(=NCc1ccnc(-n2cccn2)c1)NC(C)COC. The van der Waals surface area contributed by atoms with Crippen LogP contribution < -0.4 is 10.6 Å². The van der Waals surface area contributed by atoms with E-state index in [2.05, 4.69) is 32.6 Å². The van der Waals surface area contributed by atoms with E-state index in [1.54, 1.807) is 24.2 Å². The number of hydrogen-bond acceptors (Lipinski definition) is 4. The average molecular weight is 316 g/mol. The molecule has 0 saturated heterocycles. The van der Waals surface area contributed by atoms with Crippen LogP contribution in [0.4, 0.5) is 0 Å². The molecule has 2 rings (SSSR count). The first-order chi connectivity index (χ1) is 11.2. The van der Waals surface area contributed by atoms with Gasteiger partial charge in [0.2, 0.25) is 0 Å². The lowest BCUT2D eigenvalue weighted by Crippen LogP contribution is -2.43. The molecule has 0 aliphatic rings. The molecular weight excluding hydrogens is 292 g/mol. The fraction of sp³-hybridized carbons (Fsp3) is 0.438. The van der Waals surface area contributed by atoms with E-state index in [1.807, 2.05) is 31.3 Å². The number of guanidine groups is 1. The molecule has 124 valence electrons. The van der Waals surface area contributed by atoms with Crippen LogP contribution in [0.25, 0.3) is 5.82 Å². The molecule has 0 saturated carbocycles. The van der Waals surface area contributed by atoms with Crippen molar-refractivity contribution in [2.24, 2.45) is 4.99 Å². The van der Waals surface area contributed by atoms with Crippen LogP contribution in [0.15, 0.2) is 41.8 Å². The monoisotopic (exact) mass is 316 g/mol. The molecule has 0 aliphatic heterocycles. The maximum atomic E-state index is 5.14. The van der Waals surface area contributed by atoms with Crippen LogP contribution in [0.3, 0.4) is 0 Å². The number of aliphatic imine (C=N–C) groups is 1. The van der Waals surface area contributed by atoms with Crippen LogP contribution in [0.2, 0.25) is 0 Å². The molecule has 0 fully saturated rings. The Labute approximate surface area is 136 Å². The van der Waals surface area contributed by atoms with Gasteiger partial charge in [-0.2, -0.15) is 5.10 Å². The van der Waals surface area contributed by atoms with Gasteiger partial charge in [-0.25, -0.2) is 14.7 Å². The van der Waals surface area contributed by atoms with Crippen LogP contribution in [0, 0.1) is 0 Å². The minimum absolute atomic E-state index is 0.190. The van der Waals surface area contributed by atoms with Crippen LogP contribution in [-0.4, -0.2) is 47.0 Å². The Balaban J connectivity index is 2.05. The van der Waals surface area contributed by atoms with E-state index in [9.17, 15) is 0 Å². The summed E-state index contributed by atoms with van der Waals surface area (Å²) in [5, 5.41) is 10.7. The smallest absolute Gasteiger partial charge is 0.191 e. The molecule has 0 radical (unpaired) electrons. The normalized spacial score (nSPS) is 12.9. The Morgan fingerprint density at radius 3 is 3.00 bits per heavy atom. The van der Waals surface area contributed by atoms with Crippen molar-refractivity contribution >= 4 is 5.96 Å². The lowest BCUT2D eigenvalue weighted by molar-refractivity contribution is 0.179. The van der Waals surface area contributed by atoms with E-state index in [-0.39, 0.29) is 6.04 Å². The second-order valence-electron chi connectivity index (χ2n) is 5.17. The number of ether oxygens (including phenoxy) is 1. The Morgan fingerprint density at radius 2 is 2.30 bits per heavy atom. The zero-order valence-electron chi connectivity index (χ0n) is 13.9. The van der Waals surface area contributed by atoms with Gasteiger partial charge in [0, 0.05) is 38.3 Å². The Hall–Kier alpha value is -2.41. The maximum absolute atomic E-state index is 5.14. The molecule has 2 aromatic rings. The number of rotatable bonds is 7. The van der Waals surface area contributed by atoms with Crippen molar-refractivity contribution < 1.29 is 4.74 Å². The van der Waals surface area contributed by atoms with Crippen molar-refractivity contribution in [3.05, 3.63) is 42.4 Å². The molecule has 0 aromatic carbocycles. The second-order valence-corrected chi connectivity index (χ2v) is 5.17. The van der Waals surface area contributed by atoms with Crippen LogP contribution >= 0.6 is 0 Å². The standard InChI is InChI=1S/C16H24N6O/c1-4-17-16(21-13(2)12-23-3)19-11-14-6-8-18-15(10-14)22-9-5-7-20-22/h5-10,13H,4,11-12H2,1-3H3,(H2,17,19,21). The van der Waals surface area contributed by atoms with Gasteiger partial charge in [-0.1, -0.05) is 0 Å². The topological polar surface area (TPSA) is 76.4 Å². The fourth-order valence-electron chi connectivity index (χ4n) is 2.10. The second kappa shape index (κ2) is 8.89. The lowest BCUT2D eigenvalue weighted by Gasteiger charge is -2.17. The predicted octanol–water partition coefficient (Wildman–Crippen LogP) is 1.36. The van der Waals surface area contributed by atoms with Gasteiger partial charge in [0.25, 0.3) is 0 Å². The summed E-state index contributed by atoms with van der Waals surface area (Å²) >= 11 is 0. The van der Waals surface area contributed by atoms with Crippen molar-refractivity contribution in [1.29, 1.82) is 0 Å². The van der Waals surface area contributed by atoms with Gasteiger partial charge in [0.1, 0.15) is 0 Å². The van der Waals surface area contributed by atoms with Gasteiger partial charge in [0.05, 0.1) is 13.2 Å². The van der Waals surface area contributed by atoms with Gasteiger partial charge >= 0.3 is 0 Å². The zero-order valence-corrected chi connectivity index (χ0v) is 13.9. The summed E-state index contributed by atoms with van der Waals surface area (Å²) in [5.41, 5.74) is 1.07. The molecule has 0 amide bonds. The molecule has 2 N–H and O–H groups in total. The van der Waals surface area contributed by atoms with E-state index in [1.165, 1.54) is 0 Å². The minimum atomic E-state index is 0.190. The van der Waals surface area contributed by atoms with E-state index in [0.29, 0.717) is 13.2 Å². The molecule has 0 aliphatic carbocycles. The first-order valence-electron chi connectivity index (χ1n) is 7.71. The molecule has 0 spiro atoms. The molecule has 1 unspecified atom stereocenters. The highest BCUT2D eigenvalue weighted by molar-refractivity contribution is 5.80. The van der Waals surface area contributed by atoms with E-state index < -0.39 is 0 Å². The third kappa shape index (κ3) is 5.37. The fourth-order valence-corrected chi connectivity index (χ4v) is 2.10. The van der Waals surface area contributed by atoms with E-state index in [4.69, 9.17) is 4.74 Å². The largest absolute Gasteiger partial charge is 0.383 e. The van der Waals surface area contributed by atoms with Gasteiger partial charge in [-0.15, -0.1) is 0 Å². The quantitative estimate of drug-likeness (QED) is 0.596. The maximum Gasteiger partial charge on any atom is 0.191 e. The van der Waals surface area contributed by atoms with Gasteiger partial charge < -0.3 is 15.4 Å². The summed E-state index contributed by atoms with van der Waals surface area (Å²) < 4.78 is 6.87. The Morgan fingerprint density at radius 1 is 1.43 bits per heavy atom. The number of aromatic nitrogens is 3. The van der Waals surface area contributed by atoms with Crippen molar-refractivity contribution in [2.45, 2.75) is 26.4 Å². The number of nitrogens with zero attached hydrogens (tertiary/aromatic N) is 4. The van der Waals surface area contributed by atoms with Gasteiger partial charge in [-0.3, -0.25) is 0 Å². The summed E-state index contributed by atoms with van der Waals surface area (Å²) in [6, 6.07) is 6.00. The van der Waals surface area contributed by atoms with Crippen LogP contribution in [-0.2, 0) is 11.3 Å². The molecule has 23 heavy (non-hydrogen) atoms.